The lowest BCUT2D eigenvalue weighted by atomic mass is 9.96. The molecule has 1 aliphatic heterocycles. The number of carbonyl (C=O) groups excluding carboxylic acids is 1. The van der Waals surface area contributed by atoms with Crippen LogP contribution in [0.15, 0.2) is 96.0 Å². The third kappa shape index (κ3) is 5.24. The molecule has 0 N–H and O–H groups in total. The van der Waals surface area contributed by atoms with Gasteiger partial charge in [-0.25, -0.2) is 0 Å². The van der Waals surface area contributed by atoms with E-state index in [0.717, 1.165) is 31.9 Å². The lowest BCUT2D eigenvalue weighted by molar-refractivity contribution is -0.131. The van der Waals surface area contributed by atoms with Gasteiger partial charge < -0.3 is 9.80 Å². The van der Waals surface area contributed by atoms with Crippen molar-refractivity contribution < 1.29 is 4.79 Å². The number of hydrogen-bond donors (Lipinski definition) is 0. The molecule has 3 aromatic carbocycles. The maximum atomic E-state index is 13.1. The van der Waals surface area contributed by atoms with Gasteiger partial charge in [0.05, 0.1) is 12.4 Å². The molecule has 0 unspecified atom stereocenters. The maximum absolute atomic E-state index is 13.1. The van der Waals surface area contributed by atoms with E-state index in [1.54, 1.807) is 13.4 Å². The first kappa shape index (κ1) is 21.8. The van der Waals surface area contributed by atoms with Crippen LogP contribution in [0.3, 0.4) is 0 Å². The molecular formula is C27H30N4O. The van der Waals surface area contributed by atoms with Gasteiger partial charge in [0.15, 0.2) is 0 Å². The molecule has 1 fully saturated rings. The number of rotatable bonds is 7. The number of benzene rings is 3. The Kier molecular flexibility index (Phi) is 7.31. The number of hydrogen-bond acceptors (Lipinski definition) is 3. The van der Waals surface area contributed by atoms with Crippen molar-refractivity contribution in [2.24, 2.45) is 4.99 Å². The fourth-order valence-corrected chi connectivity index (χ4v) is 4.32. The summed E-state index contributed by atoms with van der Waals surface area (Å²) in [5, 5.41) is 0. The first-order valence-electron chi connectivity index (χ1n) is 11.1. The zero-order valence-electron chi connectivity index (χ0n) is 18.5. The topological polar surface area (TPSA) is 39.2 Å². The third-order valence-electron chi connectivity index (χ3n) is 5.91. The highest BCUT2D eigenvalue weighted by molar-refractivity contribution is 5.90. The number of amides is 1. The van der Waals surface area contributed by atoms with Crippen LogP contribution < -0.4 is 4.90 Å². The third-order valence-corrected chi connectivity index (χ3v) is 5.91. The molecule has 5 nitrogen and oxygen atoms in total. The first-order valence-corrected chi connectivity index (χ1v) is 11.1. The molecule has 1 saturated heterocycles. The van der Waals surface area contributed by atoms with Crippen LogP contribution in [0.1, 0.15) is 17.2 Å². The van der Waals surface area contributed by atoms with E-state index in [1.807, 2.05) is 40.1 Å². The van der Waals surface area contributed by atoms with E-state index in [9.17, 15) is 4.79 Å². The molecule has 0 radical (unpaired) electrons. The lowest BCUT2D eigenvalue weighted by Gasteiger charge is -2.40. The van der Waals surface area contributed by atoms with Crippen molar-refractivity contribution in [3.05, 3.63) is 102 Å². The van der Waals surface area contributed by atoms with Crippen LogP contribution in [0, 0.1) is 0 Å². The van der Waals surface area contributed by atoms with Crippen LogP contribution in [-0.2, 0) is 4.79 Å². The summed E-state index contributed by atoms with van der Waals surface area (Å²) in [7, 11) is 1.73. The zero-order valence-corrected chi connectivity index (χ0v) is 18.5. The predicted molar refractivity (Wildman–Crippen MR) is 131 cm³/mol. The summed E-state index contributed by atoms with van der Waals surface area (Å²) in [6.45, 7) is 3.42. The Morgan fingerprint density at radius 3 is 1.84 bits per heavy atom. The van der Waals surface area contributed by atoms with Crippen molar-refractivity contribution in [2.45, 2.75) is 6.04 Å². The van der Waals surface area contributed by atoms with E-state index >= 15 is 0 Å². The van der Waals surface area contributed by atoms with Crippen LogP contribution >= 0.6 is 0 Å². The normalized spacial score (nSPS) is 14.8. The Labute approximate surface area is 190 Å². The Morgan fingerprint density at radius 2 is 1.34 bits per heavy atom. The van der Waals surface area contributed by atoms with Crippen LogP contribution in [0.25, 0.3) is 0 Å². The highest BCUT2D eigenvalue weighted by Crippen LogP contribution is 2.29. The Balaban J connectivity index is 1.43. The second-order valence-electron chi connectivity index (χ2n) is 7.98. The molecule has 1 aliphatic rings. The summed E-state index contributed by atoms with van der Waals surface area (Å²) >= 11 is 0. The molecule has 0 saturated carbocycles. The Hall–Kier alpha value is -3.44. The van der Waals surface area contributed by atoms with Gasteiger partial charge in [0.25, 0.3) is 0 Å². The van der Waals surface area contributed by atoms with E-state index in [1.165, 1.54) is 11.1 Å². The van der Waals surface area contributed by atoms with E-state index in [4.69, 9.17) is 0 Å². The second-order valence-corrected chi connectivity index (χ2v) is 7.98. The number of para-hydroxylation sites is 1. The maximum Gasteiger partial charge on any atom is 0.242 e. The van der Waals surface area contributed by atoms with Gasteiger partial charge in [-0.05, 0) is 23.3 Å². The molecule has 0 aromatic heterocycles. The van der Waals surface area contributed by atoms with Gasteiger partial charge in [-0.1, -0.05) is 78.9 Å². The monoisotopic (exact) mass is 426 g/mol. The minimum atomic E-state index is 0.129. The van der Waals surface area contributed by atoms with Gasteiger partial charge in [-0.3, -0.25) is 14.7 Å². The van der Waals surface area contributed by atoms with Crippen LogP contribution in [0.2, 0.25) is 0 Å². The zero-order chi connectivity index (χ0) is 22.2. The second kappa shape index (κ2) is 10.7. The van der Waals surface area contributed by atoms with Crippen molar-refractivity contribution in [3.63, 3.8) is 0 Å². The minimum Gasteiger partial charge on any atom is -0.339 e. The van der Waals surface area contributed by atoms with Crippen molar-refractivity contribution in [1.82, 2.24) is 9.80 Å². The van der Waals surface area contributed by atoms with Crippen LogP contribution in [0.5, 0.6) is 0 Å². The average Bonchev–Trinajstić information content (AvgIpc) is 2.86. The van der Waals surface area contributed by atoms with Crippen LogP contribution in [0.4, 0.5) is 5.69 Å². The summed E-state index contributed by atoms with van der Waals surface area (Å²) in [4.78, 5) is 23.6. The largest absolute Gasteiger partial charge is 0.339 e. The molecule has 3 aromatic rings. The molecular weight excluding hydrogens is 396 g/mol. The fraction of sp³-hybridized carbons (Fsp3) is 0.259. The fourth-order valence-electron chi connectivity index (χ4n) is 4.32. The quantitative estimate of drug-likeness (QED) is 0.422. The van der Waals surface area contributed by atoms with Gasteiger partial charge in [-0.15, -0.1) is 0 Å². The summed E-state index contributed by atoms with van der Waals surface area (Å²) < 4.78 is 0. The molecule has 1 heterocycles. The molecule has 5 heteroatoms. The molecule has 32 heavy (non-hydrogen) atoms. The first-order chi connectivity index (χ1) is 15.8. The molecule has 0 bridgehead atoms. The Morgan fingerprint density at radius 1 is 0.844 bits per heavy atom. The number of piperazine rings is 1. The van der Waals surface area contributed by atoms with Crippen molar-refractivity contribution in [1.29, 1.82) is 0 Å². The molecule has 0 aliphatic carbocycles. The van der Waals surface area contributed by atoms with E-state index in [0.29, 0.717) is 6.54 Å². The van der Waals surface area contributed by atoms with E-state index < -0.39 is 0 Å². The minimum absolute atomic E-state index is 0.129. The predicted octanol–water partition coefficient (Wildman–Crippen LogP) is 4.08. The van der Waals surface area contributed by atoms with Gasteiger partial charge in [-0.2, -0.15) is 0 Å². The van der Waals surface area contributed by atoms with Gasteiger partial charge in [0.2, 0.25) is 5.91 Å². The smallest absolute Gasteiger partial charge is 0.242 e. The number of carbonyl (C=O) groups is 1. The molecule has 1 amide bonds. The number of nitrogens with zero attached hydrogens (tertiary/aromatic N) is 4. The van der Waals surface area contributed by atoms with Crippen molar-refractivity contribution in [3.8, 4) is 0 Å². The van der Waals surface area contributed by atoms with Gasteiger partial charge in [0.1, 0.15) is 6.54 Å². The molecule has 164 valence electrons. The SMILES string of the molecule is CN=CN(CC(=O)N1CCN(C(c2ccccc2)c2ccccc2)CC1)c1ccccc1. The summed E-state index contributed by atoms with van der Waals surface area (Å²) in [6.07, 6.45) is 1.73. The highest BCUT2D eigenvalue weighted by atomic mass is 16.2. The van der Waals surface area contributed by atoms with Crippen molar-refractivity contribution >= 4 is 17.9 Å². The number of aliphatic imine (C=N–C) groups is 1. The summed E-state index contributed by atoms with van der Waals surface area (Å²) in [6, 6.07) is 31.4. The van der Waals surface area contributed by atoms with E-state index in [2.05, 4.69) is 70.6 Å². The number of anilines is 1. The molecule has 4 rings (SSSR count). The molecule has 0 spiro atoms. The summed E-state index contributed by atoms with van der Waals surface area (Å²) in [5.74, 6) is 0.129. The van der Waals surface area contributed by atoms with Gasteiger partial charge in [0, 0.05) is 38.9 Å². The lowest BCUT2D eigenvalue weighted by Crippen LogP contribution is -2.52. The van der Waals surface area contributed by atoms with E-state index in [-0.39, 0.29) is 11.9 Å². The highest BCUT2D eigenvalue weighted by Gasteiger charge is 2.28. The van der Waals surface area contributed by atoms with Gasteiger partial charge >= 0.3 is 0 Å². The average molecular weight is 427 g/mol. The molecule has 0 atom stereocenters. The standard InChI is InChI=1S/C27H30N4O/c1-28-22-31(25-15-9-4-10-16-25)21-26(32)29-17-19-30(20-18-29)27(23-11-5-2-6-12-23)24-13-7-3-8-14-24/h2-16,22,27H,17-21H2,1H3. The van der Waals surface area contributed by atoms with Crippen LogP contribution in [-0.4, -0.2) is 61.8 Å². The van der Waals surface area contributed by atoms with Crippen molar-refractivity contribution in [2.75, 3.05) is 44.7 Å². The summed E-state index contributed by atoms with van der Waals surface area (Å²) in [5.41, 5.74) is 3.54. The Bertz CT molecular complexity index is 960.